The number of halogens is 1. The number of ether oxygens (including phenoxy) is 1. The van der Waals surface area contributed by atoms with Crippen LogP contribution in [0.25, 0.3) is 0 Å². The van der Waals surface area contributed by atoms with Crippen LogP contribution in [0, 0.1) is 0 Å². The topological polar surface area (TPSA) is 63.7 Å². The number of carbonyl (C=O) groups is 1. The molecule has 0 N–H and O–H groups in total. The predicted molar refractivity (Wildman–Crippen MR) is 68.2 cm³/mol. The summed E-state index contributed by atoms with van der Waals surface area (Å²) in [6.07, 6.45) is 0. The van der Waals surface area contributed by atoms with Gasteiger partial charge in [0.1, 0.15) is 0 Å². The lowest BCUT2D eigenvalue weighted by atomic mass is 10.1. The standard InChI is InChI=1S/C11H14ClNO4S/c1-13(2)11(14)8-4-5-9(7-17-3)10(6-8)18(12,15)16/h4-6H,7H2,1-3H3. The van der Waals surface area contributed by atoms with Crippen molar-refractivity contribution in [3.8, 4) is 0 Å². The number of hydrogen-bond acceptors (Lipinski definition) is 4. The van der Waals surface area contributed by atoms with Crippen LogP contribution < -0.4 is 0 Å². The summed E-state index contributed by atoms with van der Waals surface area (Å²) in [5.74, 6) is -0.291. The summed E-state index contributed by atoms with van der Waals surface area (Å²) in [5.41, 5.74) is 0.682. The Balaban J connectivity index is 3.35. The fourth-order valence-electron chi connectivity index (χ4n) is 1.45. The molecule has 0 aliphatic carbocycles. The maximum Gasteiger partial charge on any atom is 0.261 e. The molecule has 0 atom stereocenters. The van der Waals surface area contributed by atoms with Crippen molar-refractivity contribution in [1.29, 1.82) is 0 Å². The first kappa shape index (κ1) is 14.9. The molecule has 1 aromatic rings. The summed E-state index contributed by atoms with van der Waals surface area (Å²) >= 11 is 0. The Labute approximate surface area is 111 Å². The maximum absolute atomic E-state index is 11.7. The molecule has 0 bridgehead atoms. The lowest BCUT2D eigenvalue weighted by Gasteiger charge is -2.12. The molecule has 5 nitrogen and oxygen atoms in total. The molecule has 0 fully saturated rings. The second-order valence-electron chi connectivity index (χ2n) is 3.89. The Morgan fingerprint density at radius 2 is 2.00 bits per heavy atom. The second-order valence-corrected chi connectivity index (χ2v) is 6.43. The zero-order valence-electron chi connectivity index (χ0n) is 10.3. The number of rotatable bonds is 4. The van der Waals surface area contributed by atoms with Crippen molar-refractivity contribution < 1.29 is 17.9 Å². The van der Waals surface area contributed by atoms with E-state index in [0.29, 0.717) is 5.56 Å². The molecule has 100 valence electrons. The SMILES string of the molecule is COCc1ccc(C(=O)N(C)C)cc1S(=O)(=O)Cl. The van der Waals surface area contributed by atoms with E-state index in [1.54, 1.807) is 20.2 Å². The van der Waals surface area contributed by atoms with Crippen LogP contribution in [-0.4, -0.2) is 40.4 Å². The minimum absolute atomic E-state index is 0.0984. The van der Waals surface area contributed by atoms with E-state index in [-0.39, 0.29) is 23.0 Å². The van der Waals surface area contributed by atoms with Crippen LogP contribution in [0.4, 0.5) is 0 Å². The van der Waals surface area contributed by atoms with Gasteiger partial charge in [0.15, 0.2) is 0 Å². The smallest absolute Gasteiger partial charge is 0.261 e. The molecule has 0 unspecified atom stereocenters. The normalized spacial score (nSPS) is 11.3. The highest BCUT2D eigenvalue weighted by molar-refractivity contribution is 8.13. The molecule has 1 aromatic carbocycles. The van der Waals surface area contributed by atoms with Gasteiger partial charge in [-0.05, 0) is 17.7 Å². The molecule has 18 heavy (non-hydrogen) atoms. The monoisotopic (exact) mass is 291 g/mol. The van der Waals surface area contributed by atoms with E-state index in [1.165, 1.54) is 24.1 Å². The highest BCUT2D eigenvalue weighted by Gasteiger charge is 2.19. The van der Waals surface area contributed by atoms with Gasteiger partial charge in [-0.3, -0.25) is 4.79 Å². The quantitative estimate of drug-likeness (QED) is 0.788. The first-order valence-corrected chi connectivity index (χ1v) is 7.36. The Bertz CT molecular complexity index is 554. The van der Waals surface area contributed by atoms with Crippen LogP contribution in [0.3, 0.4) is 0 Å². The van der Waals surface area contributed by atoms with Gasteiger partial charge in [0, 0.05) is 37.5 Å². The summed E-state index contributed by atoms with van der Waals surface area (Å²) in [5, 5.41) is 0. The van der Waals surface area contributed by atoms with E-state index in [0.717, 1.165) is 0 Å². The van der Waals surface area contributed by atoms with Gasteiger partial charge in [0.05, 0.1) is 11.5 Å². The molecule has 0 aromatic heterocycles. The van der Waals surface area contributed by atoms with Crippen molar-refractivity contribution in [3.05, 3.63) is 29.3 Å². The summed E-state index contributed by atoms with van der Waals surface area (Å²) in [7, 11) is 6.05. The first-order chi connectivity index (χ1) is 8.27. The first-order valence-electron chi connectivity index (χ1n) is 5.05. The van der Waals surface area contributed by atoms with Gasteiger partial charge in [-0.1, -0.05) is 6.07 Å². The number of amides is 1. The van der Waals surface area contributed by atoms with Crippen LogP contribution in [-0.2, 0) is 20.4 Å². The Morgan fingerprint density at radius 3 is 2.44 bits per heavy atom. The summed E-state index contributed by atoms with van der Waals surface area (Å²) in [6.45, 7) is 0.109. The molecule has 0 spiro atoms. The number of hydrogen-bond donors (Lipinski definition) is 0. The second kappa shape index (κ2) is 5.69. The summed E-state index contributed by atoms with van der Waals surface area (Å²) in [6, 6.07) is 4.33. The molecule has 1 amide bonds. The predicted octanol–water partition coefficient (Wildman–Crippen LogP) is 1.46. The van der Waals surface area contributed by atoms with Gasteiger partial charge >= 0.3 is 0 Å². The zero-order valence-corrected chi connectivity index (χ0v) is 11.9. The van der Waals surface area contributed by atoms with E-state index in [9.17, 15) is 13.2 Å². The van der Waals surface area contributed by atoms with Gasteiger partial charge < -0.3 is 9.64 Å². The molecule has 0 aliphatic rings. The maximum atomic E-state index is 11.7. The highest BCUT2D eigenvalue weighted by Crippen LogP contribution is 2.23. The molecule has 0 heterocycles. The van der Waals surface area contributed by atoms with Crippen molar-refractivity contribution >= 4 is 25.6 Å². The lowest BCUT2D eigenvalue weighted by molar-refractivity contribution is 0.0827. The Morgan fingerprint density at radius 1 is 1.39 bits per heavy atom. The van der Waals surface area contributed by atoms with Crippen LogP contribution >= 0.6 is 10.7 Å². The number of methoxy groups -OCH3 is 1. The van der Waals surface area contributed by atoms with Gasteiger partial charge in [0.2, 0.25) is 0 Å². The number of benzene rings is 1. The van der Waals surface area contributed by atoms with Crippen molar-refractivity contribution in [2.24, 2.45) is 0 Å². The minimum atomic E-state index is -3.92. The van der Waals surface area contributed by atoms with Crippen LogP contribution in [0.15, 0.2) is 23.1 Å². The van der Waals surface area contributed by atoms with Gasteiger partial charge in [-0.25, -0.2) is 8.42 Å². The van der Waals surface area contributed by atoms with Gasteiger partial charge in [-0.2, -0.15) is 0 Å². The molecule has 7 heteroatoms. The molecule has 0 aliphatic heterocycles. The van der Waals surface area contributed by atoms with E-state index < -0.39 is 9.05 Å². The van der Waals surface area contributed by atoms with Crippen molar-refractivity contribution in [1.82, 2.24) is 4.90 Å². The third-order valence-corrected chi connectivity index (χ3v) is 3.69. The average Bonchev–Trinajstić information content (AvgIpc) is 2.27. The molecule has 1 rings (SSSR count). The summed E-state index contributed by atoms with van der Waals surface area (Å²) in [4.78, 5) is 13.0. The number of nitrogens with zero attached hydrogens (tertiary/aromatic N) is 1. The fourth-order valence-corrected chi connectivity index (χ4v) is 2.59. The average molecular weight is 292 g/mol. The molecule has 0 saturated carbocycles. The zero-order chi connectivity index (χ0) is 13.9. The molecular formula is C11H14ClNO4S. The Hall–Kier alpha value is -1.11. The van der Waals surface area contributed by atoms with Crippen LogP contribution in [0.5, 0.6) is 0 Å². The Kier molecular flexibility index (Phi) is 4.72. The van der Waals surface area contributed by atoms with E-state index in [2.05, 4.69) is 0 Å². The van der Waals surface area contributed by atoms with E-state index >= 15 is 0 Å². The minimum Gasteiger partial charge on any atom is -0.380 e. The molecular weight excluding hydrogens is 278 g/mol. The van der Waals surface area contributed by atoms with Gasteiger partial charge in [0.25, 0.3) is 15.0 Å². The van der Waals surface area contributed by atoms with E-state index in [4.69, 9.17) is 15.4 Å². The van der Waals surface area contributed by atoms with Crippen molar-refractivity contribution in [3.63, 3.8) is 0 Å². The highest BCUT2D eigenvalue weighted by atomic mass is 35.7. The third-order valence-electron chi connectivity index (χ3n) is 2.28. The van der Waals surface area contributed by atoms with E-state index in [1.807, 2.05) is 0 Å². The van der Waals surface area contributed by atoms with Crippen molar-refractivity contribution in [2.45, 2.75) is 11.5 Å². The lowest BCUT2D eigenvalue weighted by Crippen LogP contribution is -2.22. The summed E-state index contributed by atoms with van der Waals surface area (Å²) < 4.78 is 27.8. The largest absolute Gasteiger partial charge is 0.380 e. The third kappa shape index (κ3) is 3.44. The van der Waals surface area contributed by atoms with Crippen molar-refractivity contribution in [2.75, 3.05) is 21.2 Å². The fraction of sp³-hybridized carbons (Fsp3) is 0.364. The van der Waals surface area contributed by atoms with Gasteiger partial charge in [-0.15, -0.1) is 0 Å². The molecule has 0 radical (unpaired) electrons. The van der Waals surface area contributed by atoms with Crippen LogP contribution in [0.1, 0.15) is 15.9 Å². The number of carbonyl (C=O) groups excluding carboxylic acids is 1. The molecule has 0 saturated heterocycles. The van der Waals surface area contributed by atoms with Crippen LogP contribution in [0.2, 0.25) is 0 Å².